The summed E-state index contributed by atoms with van der Waals surface area (Å²) in [5, 5.41) is 16.0. The maximum Gasteiger partial charge on any atom is 0.416 e. The van der Waals surface area contributed by atoms with Crippen LogP contribution in [0, 0.1) is 10.1 Å². The van der Waals surface area contributed by atoms with E-state index in [0.717, 1.165) is 29.1 Å². The van der Waals surface area contributed by atoms with Crippen LogP contribution in [0.1, 0.15) is 25.0 Å². The summed E-state index contributed by atoms with van der Waals surface area (Å²) < 4.78 is 51.2. The van der Waals surface area contributed by atoms with E-state index in [2.05, 4.69) is 10.1 Å². The van der Waals surface area contributed by atoms with E-state index in [-0.39, 0.29) is 40.2 Å². The molecule has 0 radical (unpaired) electrons. The van der Waals surface area contributed by atoms with Crippen molar-refractivity contribution in [2.45, 2.75) is 26.1 Å². The highest BCUT2D eigenvalue weighted by Gasteiger charge is 2.31. The Labute approximate surface area is 224 Å². The molecule has 10 nitrogen and oxygen atoms in total. The molecule has 40 heavy (non-hydrogen) atoms. The van der Waals surface area contributed by atoms with Crippen LogP contribution in [-0.4, -0.2) is 39.5 Å². The zero-order chi connectivity index (χ0) is 29.0. The standard InChI is InChI=1S/C27H21F3N4O6/c1-3-39-26(36)16(2)40-23-12-11-17(13-22(23)34(37)38)15-31-33-24(18-7-6-8-19(14-18)27(28,29)30)32-21-10-5-4-9-20(21)25(33)35/h4-16H,3H2,1-2H3/t16-/m1/s1. The molecule has 4 aromatic rings. The van der Waals surface area contributed by atoms with Crippen LogP contribution in [0.15, 0.2) is 76.6 Å². The number of nitrogens with zero attached hydrogens (tertiary/aromatic N) is 4. The van der Waals surface area contributed by atoms with Gasteiger partial charge in [0.1, 0.15) is 0 Å². The highest BCUT2D eigenvalue weighted by molar-refractivity contribution is 5.83. The van der Waals surface area contributed by atoms with Crippen molar-refractivity contribution in [3.05, 3.63) is 98.3 Å². The third-order valence-corrected chi connectivity index (χ3v) is 5.63. The predicted octanol–water partition coefficient (Wildman–Crippen LogP) is 5.20. The van der Waals surface area contributed by atoms with E-state index in [0.29, 0.717) is 0 Å². The van der Waals surface area contributed by atoms with Gasteiger partial charge in [0.2, 0.25) is 0 Å². The number of alkyl halides is 3. The quantitative estimate of drug-likeness (QED) is 0.127. The van der Waals surface area contributed by atoms with Crippen molar-refractivity contribution in [3.63, 3.8) is 0 Å². The lowest BCUT2D eigenvalue weighted by Crippen LogP contribution is -2.26. The van der Waals surface area contributed by atoms with Crippen LogP contribution in [0.5, 0.6) is 5.75 Å². The number of para-hydroxylation sites is 1. The number of hydrogen-bond donors (Lipinski definition) is 0. The molecule has 0 spiro atoms. The van der Waals surface area contributed by atoms with Crippen molar-refractivity contribution in [1.82, 2.24) is 9.66 Å². The van der Waals surface area contributed by atoms with Crippen LogP contribution in [0.3, 0.4) is 0 Å². The summed E-state index contributed by atoms with van der Waals surface area (Å²) in [6, 6.07) is 14.3. The summed E-state index contributed by atoms with van der Waals surface area (Å²) in [6.45, 7) is 3.09. The van der Waals surface area contributed by atoms with Gasteiger partial charge in [0, 0.05) is 17.2 Å². The van der Waals surface area contributed by atoms with Crippen molar-refractivity contribution in [2.75, 3.05) is 6.61 Å². The van der Waals surface area contributed by atoms with Crippen LogP contribution >= 0.6 is 0 Å². The van der Waals surface area contributed by atoms with Crippen molar-refractivity contribution < 1.29 is 32.4 Å². The largest absolute Gasteiger partial charge is 0.472 e. The monoisotopic (exact) mass is 554 g/mol. The molecular formula is C27H21F3N4O6. The number of fused-ring (bicyclic) bond motifs is 1. The molecule has 206 valence electrons. The molecule has 0 N–H and O–H groups in total. The molecule has 1 aromatic heterocycles. The van der Waals surface area contributed by atoms with Crippen molar-refractivity contribution in [1.29, 1.82) is 0 Å². The molecule has 1 atom stereocenters. The number of carbonyl (C=O) groups excluding carboxylic acids is 1. The molecule has 4 rings (SSSR count). The number of nitro benzene ring substituents is 1. The maximum absolute atomic E-state index is 13.4. The maximum atomic E-state index is 13.4. The first-order chi connectivity index (χ1) is 19.0. The first-order valence-corrected chi connectivity index (χ1v) is 11.8. The Bertz CT molecular complexity index is 1680. The Kier molecular flexibility index (Phi) is 7.93. The summed E-state index contributed by atoms with van der Waals surface area (Å²) in [5.74, 6) is -1.06. The zero-order valence-electron chi connectivity index (χ0n) is 21.1. The smallest absolute Gasteiger partial charge is 0.416 e. The number of rotatable bonds is 8. The lowest BCUT2D eigenvalue weighted by atomic mass is 10.1. The fourth-order valence-electron chi connectivity index (χ4n) is 3.73. The van der Waals surface area contributed by atoms with Gasteiger partial charge in [0.05, 0.1) is 34.2 Å². The fraction of sp³-hybridized carbons (Fsp3) is 0.185. The molecular weight excluding hydrogens is 533 g/mol. The molecule has 0 aliphatic carbocycles. The Morgan fingerprint density at radius 1 is 1.15 bits per heavy atom. The normalized spacial score (nSPS) is 12.4. The lowest BCUT2D eigenvalue weighted by Gasteiger charge is -2.13. The summed E-state index contributed by atoms with van der Waals surface area (Å²) in [4.78, 5) is 40.5. The van der Waals surface area contributed by atoms with Gasteiger partial charge in [-0.2, -0.15) is 22.9 Å². The van der Waals surface area contributed by atoms with Gasteiger partial charge < -0.3 is 9.47 Å². The SMILES string of the molecule is CCOC(=O)[C@@H](C)Oc1ccc(C=Nn2c(-c3cccc(C(F)(F)F)c3)nc3ccccc3c2=O)cc1[N+](=O)[O-]. The van der Waals surface area contributed by atoms with Crippen LogP contribution in [0.2, 0.25) is 0 Å². The highest BCUT2D eigenvalue weighted by Crippen LogP contribution is 2.32. The second-order valence-electron chi connectivity index (χ2n) is 8.39. The van der Waals surface area contributed by atoms with Crippen molar-refractivity contribution in [2.24, 2.45) is 5.10 Å². The molecule has 0 aliphatic rings. The van der Waals surface area contributed by atoms with Crippen LogP contribution < -0.4 is 10.3 Å². The van der Waals surface area contributed by atoms with Gasteiger partial charge in [-0.3, -0.25) is 14.9 Å². The van der Waals surface area contributed by atoms with Gasteiger partial charge in [-0.15, -0.1) is 0 Å². The van der Waals surface area contributed by atoms with E-state index >= 15 is 0 Å². The Morgan fingerprint density at radius 3 is 2.60 bits per heavy atom. The number of carbonyl (C=O) groups is 1. The van der Waals surface area contributed by atoms with E-state index in [1.807, 2.05) is 0 Å². The summed E-state index contributed by atoms with van der Waals surface area (Å²) in [6.07, 6.45) is -4.62. The first-order valence-electron chi connectivity index (χ1n) is 11.8. The number of nitro groups is 1. The second kappa shape index (κ2) is 11.4. The van der Waals surface area contributed by atoms with E-state index < -0.39 is 40.0 Å². The van der Waals surface area contributed by atoms with E-state index in [1.54, 1.807) is 25.1 Å². The van der Waals surface area contributed by atoms with Gasteiger partial charge in [0.15, 0.2) is 17.7 Å². The molecule has 0 aliphatic heterocycles. The lowest BCUT2D eigenvalue weighted by molar-refractivity contribution is -0.386. The van der Waals surface area contributed by atoms with Gasteiger partial charge in [-0.25, -0.2) is 9.78 Å². The average Bonchev–Trinajstić information content (AvgIpc) is 2.92. The highest BCUT2D eigenvalue weighted by atomic mass is 19.4. The molecule has 0 saturated heterocycles. The number of hydrogen-bond acceptors (Lipinski definition) is 8. The number of benzene rings is 3. The fourth-order valence-corrected chi connectivity index (χ4v) is 3.73. The first kappa shape index (κ1) is 28.0. The van der Waals surface area contributed by atoms with Gasteiger partial charge in [0.25, 0.3) is 5.56 Å². The van der Waals surface area contributed by atoms with Gasteiger partial charge in [-0.1, -0.05) is 24.3 Å². The van der Waals surface area contributed by atoms with Crippen LogP contribution in [0.4, 0.5) is 18.9 Å². The Balaban J connectivity index is 1.79. The molecule has 0 unspecified atom stereocenters. The second-order valence-corrected chi connectivity index (χ2v) is 8.39. The minimum Gasteiger partial charge on any atom is -0.472 e. The minimum absolute atomic E-state index is 0.0162. The minimum atomic E-state index is -4.63. The summed E-state index contributed by atoms with van der Waals surface area (Å²) in [7, 11) is 0. The molecule has 3 aromatic carbocycles. The van der Waals surface area contributed by atoms with Gasteiger partial charge >= 0.3 is 17.8 Å². The third-order valence-electron chi connectivity index (χ3n) is 5.63. The van der Waals surface area contributed by atoms with Crippen LogP contribution in [0.25, 0.3) is 22.3 Å². The number of ether oxygens (including phenoxy) is 2. The van der Waals surface area contributed by atoms with E-state index in [9.17, 15) is 32.9 Å². The van der Waals surface area contributed by atoms with E-state index in [4.69, 9.17) is 9.47 Å². The van der Waals surface area contributed by atoms with Crippen LogP contribution in [-0.2, 0) is 15.7 Å². The molecule has 0 fully saturated rings. The molecule has 0 saturated carbocycles. The average molecular weight is 554 g/mol. The summed E-state index contributed by atoms with van der Waals surface area (Å²) >= 11 is 0. The Morgan fingerprint density at radius 2 is 1.90 bits per heavy atom. The Hall–Kier alpha value is -5.07. The van der Waals surface area contributed by atoms with E-state index in [1.165, 1.54) is 37.3 Å². The zero-order valence-corrected chi connectivity index (χ0v) is 21.1. The molecule has 0 amide bonds. The number of halogens is 3. The molecule has 0 bridgehead atoms. The number of esters is 1. The predicted molar refractivity (Wildman–Crippen MR) is 139 cm³/mol. The molecule has 1 heterocycles. The third kappa shape index (κ3) is 5.98. The topological polar surface area (TPSA) is 126 Å². The van der Waals surface area contributed by atoms with Crippen molar-refractivity contribution >= 4 is 28.8 Å². The number of aromatic nitrogens is 2. The van der Waals surface area contributed by atoms with Gasteiger partial charge in [-0.05, 0) is 50.2 Å². The summed E-state index contributed by atoms with van der Waals surface area (Å²) in [5.41, 5.74) is -1.69. The van der Waals surface area contributed by atoms with Crippen molar-refractivity contribution in [3.8, 4) is 17.1 Å². The molecule has 13 heteroatoms.